The highest BCUT2D eigenvalue weighted by molar-refractivity contribution is 14.1. The Labute approximate surface area is 211 Å². The lowest BCUT2D eigenvalue weighted by Gasteiger charge is -2.20. The van der Waals surface area contributed by atoms with Gasteiger partial charge >= 0.3 is 11.6 Å². The Bertz CT molecular complexity index is 1130. The number of hydrogen-bond acceptors (Lipinski definition) is 5. The van der Waals surface area contributed by atoms with Gasteiger partial charge in [0.05, 0.1) is 9.99 Å². The van der Waals surface area contributed by atoms with E-state index in [-0.39, 0.29) is 28.6 Å². The average Bonchev–Trinajstić information content (AvgIpc) is 2.79. The molecule has 0 aliphatic heterocycles. The number of carbonyl (C=O) groups is 1. The number of aromatic nitrogens is 1. The van der Waals surface area contributed by atoms with E-state index < -0.39 is 0 Å². The molecule has 0 aliphatic carbocycles. The minimum atomic E-state index is -0.358. The molecular formula is C24H26BrIN2O4. The number of fused-ring (bicyclic) bond motifs is 1. The molecule has 6 nitrogen and oxygen atoms in total. The van der Waals surface area contributed by atoms with Gasteiger partial charge in [-0.3, -0.25) is 4.79 Å². The lowest BCUT2D eigenvalue weighted by molar-refractivity contribution is -0.697. The van der Waals surface area contributed by atoms with Crippen LogP contribution in [0.15, 0.2) is 58.0 Å². The summed E-state index contributed by atoms with van der Waals surface area (Å²) >= 11 is 1.98. The van der Waals surface area contributed by atoms with E-state index in [0.717, 1.165) is 29.7 Å². The number of anilines is 1. The number of ether oxygens (including phenoxy) is 1. The number of carbonyl (C=O) groups excluding carboxylic acids is 1. The molecule has 0 saturated heterocycles. The van der Waals surface area contributed by atoms with Gasteiger partial charge in [0.1, 0.15) is 5.58 Å². The number of alkyl halides is 1. The van der Waals surface area contributed by atoms with Gasteiger partial charge in [0, 0.05) is 42.4 Å². The van der Waals surface area contributed by atoms with Crippen molar-refractivity contribution in [3.8, 4) is 0 Å². The second-order valence-electron chi connectivity index (χ2n) is 6.94. The van der Waals surface area contributed by atoms with E-state index in [1.807, 2.05) is 76.0 Å². The lowest BCUT2D eigenvalue weighted by Crippen LogP contribution is -3.00. The minimum Gasteiger partial charge on any atom is -1.00 e. The van der Waals surface area contributed by atoms with Gasteiger partial charge in [0.15, 0.2) is 25.5 Å². The Kier molecular flexibility index (Phi) is 10.4. The van der Waals surface area contributed by atoms with Crippen molar-refractivity contribution in [2.75, 3.05) is 29.0 Å². The summed E-state index contributed by atoms with van der Waals surface area (Å²) in [6, 6.07) is 11.7. The van der Waals surface area contributed by atoms with Crippen LogP contribution in [-0.4, -0.2) is 30.1 Å². The summed E-state index contributed by atoms with van der Waals surface area (Å²) in [6.07, 6.45) is 7.47. The molecule has 0 N–H and O–H groups in total. The molecule has 3 aromatic rings. The third-order valence-electron chi connectivity index (χ3n) is 4.97. The zero-order valence-electron chi connectivity index (χ0n) is 18.1. The van der Waals surface area contributed by atoms with E-state index in [2.05, 4.69) is 24.8 Å². The Hall–Kier alpha value is -2.20. The standard InChI is InChI=1S/C24H26IN2O4.BrH/c1-3-27(4-2)21-8-7-19-15-20(24(29)31-22(19)16-21)6-5-18-9-11-26(12-10-18)13-14-30-23(28)17-25;/h5-12,15-16H,3-4,13-14,17H2,1-2H3;1H/q+1;/p-1. The number of halogens is 2. The third-order valence-corrected chi connectivity index (χ3v) is 5.59. The first kappa shape index (κ1) is 26.1. The fourth-order valence-electron chi connectivity index (χ4n) is 3.24. The van der Waals surface area contributed by atoms with Crippen LogP contribution in [0.2, 0.25) is 0 Å². The van der Waals surface area contributed by atoms with E-state index in [4.69, 9.17) is 9.15 Å². The summed E-state index contributed by atoms with van der Waals surface area (Å²) in [5.41, 5.74) is 2.74. The number of rotatable bonds is 9. The molecule has 2 aromatic heterocycles. The van der Waals surface area contributed by atoms with Crippen molar-refractivity contribution in [3.05, 3.63) is 70.3 Å². The number of hydrogen-bond donors (Lipinski definition) is 0. The Morgan fingerprint density at radius 1 is 1.12 bits per heavy atom. The van der Waals surface area contributed by atoms with Crippen LogP contribution in [0.4, 0.5) is 5.69 Å². The van der Waals surface area contributed by atoms with Gasteiger partial charge in [-0.05, 0) is 43.7 Å². The summed E-state index contributed by atoms with van der Waals surface area (Å²) in [5.74, 6) is -0.209. The molecular weight excluding hydrogens is 587 g/mol. The highest BCUT2D eigenvalue weighted by Crippen LogP contribution is 2.22. The first-order valence-electron chi connectivity index (χ1n) is 10.3. The van der Waals surface area contributed by atoms with Crippen molar-refractivity contribution in [1.29, 1.82) is 0 Å². The Morgan fingerprint density at radius 3 is 2.50 bits per heavy atom. The molecule has 0 aliphatic rings. The lowest BCUT2D eigenvalue weighted by atomic mass is 10.1. The summed E-state index contributed by atoms with van der Waals surface area (Å²) in [5, 5.41) is 0.891. The fraction of sp³-hybridized carbons (Fsp3) is 0.292. The molecule has 1 aromatic carbocycles. The predicted octanol–water partition coefficient (Wildman–Crippen LogP) is 1.08. The molecule has 2 heterocycles. The summed E-state index contributed by atoms with van der Waals surface area (Å²) in [6.45, 7) is 6.93. The zero-order chi connectivity index (χ0) is 22.2. The summed E-state index contributed by atoms with van der Waals surface area (Å²) in [7, 11) is 0. The number of pyridine rings is 1. The van der Waals surface area contributed by atoms with Gasteiger partial charge in [-0.1, -0.05) is 28.7 Å². The maximum absolute atomic E-state index is 12.4. The first-order valence-corrected chi connectivity index (χ1v) is 11.8. The van der Waals surface area contributed by atoms with Crippen molar-refractivity contribution in [3.63, 3.8) is 0 Å². The first-order chi connectivity index (χ1) is 15.0. The molecule has 0 spiro atoms. The maximum Gasteiger partial charge on any atom is 0.343 e. The van der Waals surface area contributed by atoms with Crippen molar-refractivity contribution in [2.24, 2.45) is 0 Å². The molecule has 0 amide bonds. The molecule has 0 unspecified atom stereocenters. The normalized spacial score (nSPS) is 10.8. The van der Waals surface area contributed by atoms with E-state index in [0.29, 0.717) is 28.7 Å². The second-order valence-corrected chi connectivity index (χ2v) is 7.70. The average molecular weight is 613 g/mol. The molecule has 0 radical (unpaired) electrons. The van der Waals surface area contributed by atoms with Gasteiger partial charge in [0.25, 0.3) is 0 Å². The van der Waals surface area contributed by atoms with Gasteiger partial charge in [-0.25, -0.2) is 9.36 Å². The molecule has 3 rings (SSSR count). The van der Waals surface area contributed by atoms with E-state index in [1.165, 1.54) is 0 Å². The largest absolute Gasteiger partial charge is 1.00 e. The maximum atomic E-state index is 12.4. The zero-order valence-corrected chi connectivity index (χ0v) is 21.8. The highest BCUT2D eigenvalue weighted by Gasteiger charge is 2.08. The van der Waals surface area contributed by atoms with Crippen LogP contribution in [0, 0.1) is 0 Å². The molecule has 32 heavy (non-hydrogen) atoms. The monoisotopic (exact) mass is 612 g/mol. The van der Waals surface area contributed by atoms with E-state index in [1.54, 1.807) is 6.08 Å². The van der Waals surface area contributed by atoms with Crippen molar-refractivity contribution in [2.45, 2.75) is 20.4 Å². The van der Waals surface area contributed by atoms with Gasteiger partial charge in [-0.15, -0.1) is 0 Å². The number of nitrogens with zero attached hydrogens (tertiary/aromatic N) is 2. The highest BCUT2D eigenvalue weighted by atomic mass is 127. The van der Waals surface area contributed by atoms with Crippen molar-refractivity contribution in [1.82, 2.24) is 0 Å². The molecule has 0 fully saturated rings. The number of benzene rings is 1. The molecule has 8 heteroatoms. The van der Waals surface area contributed by atoms with Crippen molar-refractivity contribution < 1.29 is 35.5 Å². The van der Waals surface area contributed by atoms with Gasteiger partial charge in [-0.2, -0.15) is 0 Å². The summed E-state index contributed by atoms with van der Waals surface area (Å²) in [4.78, 5) is 25.8. The van der Waals surface area contributed by atoms with Crippen LogP contribution < -0.4 is 32.1 Å². The Balaban J connectivity index is 0.00000363. The topological polar surface area (TPSA) is 63.6 Å². The summed E-state index contributed by atoms with van der Waals surface area (Å²) < 4.78 is 12.9. The van der Waals surface area contributed by atoms with Crippen LogP contribution in [0.3, 0.4) is 0 Å². The molecule has 0 atom stereocenters. The van der Waals surface area contributed by atoms with E-state index >= 15 is 0 Å². The third kappa shape index (κ3) is 6.90. The Morgan fingerprint density at radius 2 is 1.84 bits per heavy atom. The molecule has 0 bridgehead atoms. The second kappa shape index (κ2) is 12.7. The van der Waals surface area contributed by atoms with Gasteiger partial charge in [0.2, 0.25) is 0 Å². The van der Waals surface area contributed by atoms with Crippen LogP contribution in [0.25, 0.3) is 23.1 Å². The molecule has 170 valence electrons. The number of esters is 1. The van der Waals surface area contributed by atoms with Crippen LogP contribution in [0.1, 0.15) is 25.0 Å². The fourth-order valence-corrected chi connectivity index (χ4v) is 3.46. The smallest absolute Gasteiger partial charge is 0.343 e. The van der Waals surface area contributed by atoms with Gasteiger partial charge < -0.3 is 31.0 Å². The SMILES string of the molecule is CCN(CC)c1ccc2cc(/C=C/c3cc[n+](CCOC(=O)CI)cc3)c(=O)oc2c1.[Br-]. The predicted molar refractivity (Wildman–Crippen MR) is 131 cm³/mol. The van der Waals surface area contributed by atoms with Crippen molar-refractivity contribution >= 4 is 57.4 Å². The van der Waals surface area contributed by atoms with Crippen LogP contribution >= 0.6 is 22.6 Å². The van der Waals surface area contributed by atoms with E-state index in [9.17, 15) is 9.59 Å². The quantitative estimate of drug-likeness (QED) is 0.119. The minimum absolute atomic E-state index is 0. The molecule has 0 saturated carbocycles. The van der Waals surface area contributed by atoms with Crippen LogP contribution in [-0.2, 0) is 16.1 Å². The van der Waals surface area contributed by atoms with Crippen LogP contribution in [0.5, 0.6) is 0 Å².